The fraction of sp³-hybridized carbons (Fsp3) is 0.933. The molecule has 1 aliphatic rings. The molecule has 0 spiro atoms. The summed E-state index contributed by atoms with van der Waals surface area (Å²) in [7, 11) is 0. The Kier molecular flexibility index (Phi) is 6.13. The van der Waals surface area contributed by atoms with E-state index < -0.39 is 11.4 Å². The number of carboxylic acid groups (broad SMARTS) is 1. The maximum Gasteiger partial charge on any atom is 0.310 e. The van der Waals surface area contributed by atoms with Crippen molar-refractivity contribution < 1.29 is 9.90 Å². The molecule has 3 N–H and O–H groups in total. The highest BCUT2D eigenvalue weighted by atomic mass is 16.4. The number of nitrogens with two attached hydrogens (primary N) is 1. The van der Waals surface area contributed by atoms with E-state index >= 15 is 0 Å². The summed E-state index contributed by atoms with van der Waals surface area (Å²) in [5.41, 5.74) is 5.18. The van der Waals surface area contributed by atoms with Crippen molar-refractivity contribution in [2.75, 3.05) is 6.54 Å². The second-order valence-corrected chi connectivity index (χ2v) is 6.06. The van der Waals surface area contributed by atoms with Crippen molar-refractivity contribution in [2.45, 2.75) is 65.2 Å². The average Bonchev–Trinajstić information content (AvgIpc) is 3.16. The van der Waals surface area contributed by atoms with Gasteiger partial charge in [-0.25, -0.2) is 0 Å². The summed E-state index contributed by atoms with van der Waals surface area (Å²) in [6, 6.07) is 0. The van der Waals surface area contributed by atoms with Crippen LogP contribution < -0.4 is 5.73 Å². The summed E-state index contributed by atoms with van der Waals surface area (Å²) >= 11 is 0. The van der Waals surface area contributed by atoms with Crippen molar-refractivity contribution in [1.82, 2.24) is 0 Å². The molecule has 0 saturated heterocycles. The third kappa shape index (κ3) is 4.27. The zero-order valence-electron chi connectivity index (χ0n) is 12.0. The van der Waals surface area contributed by atoms with Crippen LogP contribution in [0.4, 0.5) is 0 Å². The number of rotatable bonds is 10. The fourth-order valence-electron chi connectivity index (χ4n) is 2.88. The topological polar surface area (TPSA) is 63.3 Å². The zero-order chi connectivity index (χ0) is 13.6. The van der Waals surface area contributed by atoms with Crippen LogP contribution in [0.15, 0.2) is 0 Å². The molecule has 0 bridgehead atoms. The lowest BCUT2D eigenvalue weighted by Crippen LogP contribution is -2.41. The lowest BCUT2D eigenvalue weighted by atomic mass is 9.73. The summed E-state index contributed by atoms with van der Waals surface area (Å²) in [5, 5.41) is 9.59. The molecule has 1 fully saturated rings. The summed E-state index contributed by atoms with van der Waals surface area (Å²) in [5.74, 6) is 0.462. The standard InChI is InChI=1S/C15H29NO2/c1-3-5-6-12(4-2)9-15(11-16,14(17)18)10-13-7-8-13/h12-13H,3-11,16H2,1-2H3,(H,17,18). The minimum Gasteiger partial charge on any atom is -0.481 e. The van der Waals surface area contributed by atoms with Crippen molar-refractivity contribution in [2.24, 2.45) is 23.0 Å². The van der Waals surface area contributed by atoms with Gasteiger partial charge in [-0.2, -0.15) is 0 Å². The summed E-state index contributed by atoms with van der Waals surface area (Å²) in [4.78, 5) is 11.7. The molecule has 106 valence electrons. The molecule has 0 heterocycles. The molecule has 18 heavy (non-hydrogen) atoms. The monoisotopic (exact) mass is 255 g/mol. The molecule has 1 saturated carbocycles. The summed E-state index contributed by atoms with van der Waals surface area (Å²) in [6.45, 7) is 4.65. The minimum absolute atomic E-state index is 0.293. The van der Waals surface area contributed by atoms with Gasteiger partial charge in [-0.3, -0.25) is 4.79 Å². The van der Waals surface area contributed by atoms with Crippen LogP contribution in [0.5, 0.6) is 0 Å². The van der Waals surface area contributed by atoms with Gasteiger partial charge in [0.1, 0.15) is 0 Å². The normalized spacial score (nSPS) is 20.4. The average molecular weight is 255 g/mol. The van der Waals surface area contributed by atoms with Gasteiger partial charge in [0.15, 0.2) is 0 Å². The van der Waals surface area contributed by atoms with Gasteiger partial charge in [-0.1, -0.05) is 52.4 Å². The van der Waals surface area contributed by atoms with Gasteiger partial charge in [0.05, 0.1) is 5.41 Å². The van der Waals surface area contributed by atoms with E-state index in [0.717, 1.165) is 25.7 Å². The molecule has 1 aliphatic carbocycles. The van der Waals surface area contributed by atoms with Crippen molar-refractivity contribution in [3.8, 4) is 0 Å². The third-order valence-electron chi connectivity index (χ3n) is 4.44. The Morgan fingerprint density at radius 3 is 2.50 bits per heavy atom. The van der Waals surface area contributed by atoms with Gasteiger partial charge in [0.2, 0.25) is 0 Å². The van der Waals surface area contributed by atoms with Gasteiger partial charge >= 0.3 is 5.97 Å². The molecule has 0 amide bonds. The van der Waals surface area contributed by atoms with Crippen LogP contribution in [0.1, 0.15) is 65.2 Å². The predicted octanol–water partition coefficient (Wildman–Crippen LogP) is 3.42. The maximum absolute atomic E-state index is 11.7. The van der Waals surface area contributed by atoms with E-state index in [2.05, 4.69) is 13.8 Å². The first-order valence-corrected chi connectivity index (χ1v) is 7.51. The first kappa shape index (κ1) is 15.5. The Morgan fingerprint density at radius 1 is 1.44 bits per heavy atom. The van der Waals surface area contributed by atoms with Gasteiger partial charge in [0.25, 0.3) is 0 Å². The molecular formula is C15H29NO2. The lowest BCUT2D eigenvalue weighted by molar-refractivity contribution is -0.150. The molecule has 0 radical (unpaired) electrons. The number of unbranched alkanes of at least 4 members (excludes halogenated alkanes) is 1. The first-order valence-electron chi connectivity index (χ1n) is 7.51. The highest BCUT2D eigenvalue weighted by molar-refractivity contribution is 5.75. The van der Waals surface area contributed by atoms with E-state index in [-0.39, 0.29) is 0 Å². The maximum atomic E-state index is 11.7. The molecule has 3 nitrogen and oxygen atoms in total. The Bertz CT molecular complexity index is 263. The van der Waals surface area contributed by atoms with Crippen LogP contribution in [0.3, 0.4) is 0 Å². The van der Waals surface area contributed by atoms with E-state index in [9.17, 15) is 9.90 Å². The molecule has 0 aliphatic heterocycles. The van der Waals surface area contributed by atoms with Crippen LogP contribution >= 0.6 is 0 Å². The smallest absolute Gasteiger partial charge is 0.310 e. The van der Waals surface area contributed by atoms with E-state index in [0.29, 0.717) is 18.4 Å². The van der Waals surface area contributed by atoms with Crippen LogP contribution in [-0.4, -0.2) is 17.6 Å². The zero-order valence-corrected chi connectivity index (χ0v) is 12.0. The van der Waals surface area contributed by atoms with E-state index in [1.807, 2.05) is 0 Å². The van der Waals surface area contributed by atoms with Gasteiger partial charge in [-0.15, -0.1) is 0 Å². The molecule has 0 aromatic heterocycles. The number of carboxylic acids is 1. The van der Waals surface area contributed by atoms with Crippen LogP contribution in [-0.2, 0) is 4.79 Å². The number of carbonyl (C=O) groups is 1. The van der Waals surface area contributed by atoms with E-state index in [4.69, 9.17) is 5.73 Å². The highest BCUT2D eigenvalue weighted by Crippen LogP contribution is 2.44. The SMILES string of the molecule is CCCCC(CC)CC(CN)(CC1CC1)C(=O)O. The van der Waals surface area contributed by atoms with Gasteiger partial charge in [-0.05, 0) is 24.7 Å². The third-order valence-corrected chi connectivity index (χ3v) is 4.44. The van der Waals surface area contributed by atoms with Crippen molar-refractivity contribution in [3.05, 3.63) is 0 Å². The number of hydrogen-bond donors (Lipinski definition) is 2. The Hall–Kier alpha value is -0.570. The van der Waals surface area contributed by atoms with Crippen LogP contribution in [0.2, 0.25) is 0 Å². The second-order valence-electron chi connectivity index (χ2n) is 6.06. The summed E-state index contributed by atoms with van der Waals surface area (Å²) < 4.78 is 0. The molecule has 2 atom stereocenters. The molecule has 0 aromatic carbocycles. The quantitative estimate of drug-likeness (QED) is 0.628. The molecule has 0 aromatic rings. The summed E-state index contributed by atoms with van der Waals surface area (Å²) in [6.07, 6.45) is 8.55. The van der Waals surface area contributed by atoms with Crippen LogP contribution in [0, 0.1) is 17.3 Å². The fourth-order valence-corrected chi connectivity index (χ4v) is 2.88. The van der Waals surface area contributed by atoms with Gasteiger partial charge < -0.3 is 10.8 Å². The first-order chi connectivity index (χ1) is 8.57. The van der Waals surface area contributed by atoms with Crippen molar-refractivity contribution >= 4 is 5.97 Å². The van der Waals surface area contributed by atoms with E-state index in [1.165, 1.54) is 25.7 Å². The Balaban J connectivity index is 2.64. The highest BCUT2D eigenvalue weighted by Gasteiger charge is 2.43. The lowest BCUT2D eigenvalue weighted by Gasteiger charge is -2.32. The molecule has 2 unspecified atom stereocenters. The van der Waals surface area contributed by atoms with Crippen LogP contribution in [0.25, 0.3) is 0 Å². The number of hydrogen-bond acceptors (Lipinski definition) is 2. The van der Waals surface area contributed by atoms with Crippen molar-refractivity contribution in [1.29, 1.82) is 0 Å². The molecule has 3 heteroatoms. The molecule has 1 rings (SSSR count). The Labute approximate surface area is 111 Å². The minimum atomic E-state index is -0.674. The number of aliphatic carboxylic acids is 1. The van der Waals surface area contributed by atoms with Crippen molar-refractivity contribution in [3.63, 3.8) is 0 Å². The van der Waals surface area contributed by atoms with E-state index in [1.54, 1.807) is 0 Å². The Morgan fingerprint density at radius 2 is 2.11 bits per heavy atom. The molecular weight excluding hydrogens is 226 g/mol. The van der Waals surface area contributed by atoms with Gasteiger partial charge in [0, 0.05) is 6.54 Å². The second kappa shape index (κ2) is 7.13. The predicted molar refractivity (Wildman–Crippen MR) is 74.4 cm³/mol. The largest absolute Gasteiger partial charge is 0.481 e.